The predicted octanol–water partition coefficient (Wildman–Crippen LogP) is 3.85. The molecule has 1 aliphatic heterocycles. The van der Waals surface area contributed by atoms with Crippen molar-refractivity contribution in [3.8, 4) is 0 Å². The van der Waals surface area contributed by atoms with Crippen LogP contribution in [0.4, 0.5) is 5.69 Å². The molecular weight excluding hydrogens is 340 g/mol. The molecule has 1 aliphatic carbocycles. The third-order valence-corrected chi connectivity index (χ3v) is 5.89. The molecule has 0 spiro atoms. The van der Waals surface area contributed by atoms with Crippen LogP contribution < -0.4 is 10.6 Å². The van der Waals surface area contributed by atoms with Crippen LogP contribution in [0, 0.1) is 6.92 Å². The summed E-state index contributed by atoms with van der Waals surface area (Å²) in [6.45, 7) is 2.07. The molecule has 4 rings (SSSR count). The first kappa shape index (κ1) is 18.0. The van der Waals surface area contributed by atoms with Gasteiger partial charge in [0.25, 0.3) is 0 Å². The molecule has 1 aromatic carbocycles. The number of carbonyl (C=O) groups excluding carboxylic acids is 2. The van der Waals surface area contributed by atoms with Crippen LogP contribution in [0.25, 0.3) is 11.0 Å². The van der Waals surface area contributed by atoms with E-state index in [1.807, 2.05) is 12.1 Å². The minimum Gasteiger partial charge on any atom is -0.353 e. The number of aryl methyl sites for hydroxylation is 1. The lowest BCUT2D eigenvalue weighted by Crippen LogP contribution is -2.26. The van der Waals surface area contributed by atoms with Crippen molar-refractivity contribution in [2.24, 2.45) is 0 Å². The Morgan fingerprint density at radius 3 is 2.81 bits per heavy atom. The van der Waals surface area contributed by atoms with Crippen LogP contribution in [-0.4, -0.2) is 27.4 Å². The van der Waals surface area contributed by atoms with E-state index in [0.29, 0.717) is 25.3 Å². The van der Waals surface area contributed by atoms with Gasteiger partial charge in [-0.1, -0.05) is 19.3 Å². The summed E-state index contributed by atoms with van der Waals surface area (Å²) in [6.07, 6.45) is 8.88. The van der Waals surface area contributed by atoms with Gasteiger partial charge in [-0.25, -0.2) is 4.98 Å². The zero-order valence-electron chi connectivity index (χ0n) is 16.0. The Balaban J connectivity index is 1.42. The standard InChI is InChI=1S/C21H28N4O2/c1-14-22-18-13-16(24-21(27)12-9-15-8-11-20(26)23-15)7-10-19(18)25(14)17-5-3-2-4-6-17/h7,10,13,15,17H,2-6,8-9,11-12H2,1H3,(H,23,26)(H,24,27)/t15-/m0/s1. The van der Waals surface area contributed by atoms with Crippen LogP contribution in [0.2, 0.25) is 0 Å². The first-order chi connectivity index (χ1) is 13.1. The van der Waals surface area contributed by atoms with Gasteiger partial charge in [0.1, 0.15) is 5.82 Å². The van der Waals surface area contributed by atoms with Crippen LogP contribution in [0.15, 0.2) is 18.2 Å². The van der Waals surface area contributed by atoms with Crippen LogP contribution in [0.5, 0.6) is 0 Å². The Morgan fingerprint density at radius 1 is 1.26 bits per heavy atom. The average molecular weight is 368 g/mol. The van der Waals surface area contributed by atoms with Gasteiger partial charge in [-0.2, -0.15) is 0 Å². The average Bonchev–Trinajstić information content (AvgIpc) is 3.22. The Hall–Kier alpha value is -2.37. The molecule has 2 aliphatic rings. The molecule has 27 heavy (non-hydrogen) atoms. The number of benzene rings is 1. The second-order valence-corrected chi connectivity index (χ2v) is 7.91. The summed E-state index contributed by atoms with van der Waals surface area (Å²) < 4.78 is 2.38. The number of aromatic nitrogens is 2. The summed E-state index contributed by atoms with van der Waals surface area (Å²) in [7, 11) is 0. The normalized spacial score (nSPS) is 20.8. The van der Waals surface area contributed by atoms with E-state index in [0.717, 1.165) is 29.0 Å². The number of nitrogens with one attached hydrogen (secondary N) is 2. The molecule has 1 aromatic heterocycles. The van der Waals surface area contributed by atoms with Gasteiger partial charge in [0.15, 0.2) is 0 Å². The molecular formula is C21H28N4O2. The highest BCUT2D eigenvalue weighted by Gasteiger charge is 2.22. The summed E-state index contributed by atoms with van der Waals surface area (Å²) in [6, 6.07) is 6.71. The number of anilines is 1. The molecule has 1 saturated carbocycles. The fourth-order valence-electron chi connectivity index (χ4n) is 4.52. The lowest BCUT2D eigenvalue weighted by atomic mass is 9.95. The summed E-state index contributed by atoms with van der Waals surface area (Å²) in [4.78, 5) is 28.2. The van der Waals surface area contributed by atoms with E-state index in [2.05, 4.69) is 28.2 Å². The predicted molar refractivity (Wildman–Crippen MR) is 106 cm³/mol. The first-order valence-corrected chi connectivity index (χ1v) is 10.2. The zero-order valence-corrected chi connectivity index (χ0v) is 16.0. The maximum atomic E-state index is 12.3. The van der Waals surface area contributed by atoms with Crippen molar-refractivity contribution in [1.29, 1.82) is 0 Å². The number of hydrogen-bond acceptors (Lipinski definition) is 3. The minimum atomic E-state index is -0.0149. The van der Waals surface area contributed by atoms with Gasteiger partial charge in [-0.05, 0) is 50.8 Å². The maximum absolute atomic E-state index is 12.3. The summed E-state index contributed by atoms with van der Waals surface area (Å²) >= 11 is 0. The van der Waals surface area contributed by atoms with E-state index in [1.165, 1.54) is 32.1 Å². The van der Waals surface area contributed by atoms with E-state index in [-0.39, 0.29) is 17.9 Å². The molecule has 1 saturated heterocycles. The highest BCUT2D eigenvalue weighted by atomic mass is 16.2. The van der Waals surface area contributed by atoms with Crippen molar-refractivity contribution in [3.05, 3.63) is 24.0 Å². The molecule has 0 unspecified atom stereocenters. The SMILES string of the molecule is Cc1nc2cc(NC(=O)CC[C@@H]3CCC(=O)N3)ccc2n1C1CCCCC1. The molecule has 2 fully saturated rings. The Morgan fingerprint density at radius 2 is 2.07 bits per heavy atom. The summed E-state index contributed by atoms with van der Waals surface area (Å²) in [5.41, 5.74) is 2.89. The van der Waals surface area contributed by atoms with E-state index < -0.39 is 0 Å². The maximum Gasteiger partial charge on any atom is 0.224 e. The first-order valence-electron chi connectivity index (χ1n) is 10.2. The van der Waals surface area contributed by atoms with Crippen LogP contribution in [0.1, 0.15) is 69.7 Å². The third-order valence-electron chi connectivity index (χ3n) is 5.89. The van der Waals surface area contributed by atoms with Crippen molar-refractivity contribution in [2.45, 2.75) is 76.8 Å². The highest BCUT2D eigenvalue weighted by Crippen LogP contribution is 2.33. The van der Waals surface area contributed by atoms with E-state index in [9.17, 15) is 9.59 Å². The fraction of sp³-hybridized carbons (Fsp3) is 0.571. The van der Waals surface area contributed by atoms with Gasteiger partial charge in [0.2, 0.25) is 11.8 Å². The number of fused-ring (bicyclic) bond motifs is 1. The second kappa shape index (κ2) is 7.71. The molecule has 2 aromatic rings. The van der Waals surface area contributed by atoms with Crippen LogP contribution in [0.3, 0.4) is 0 Å². The Kier molecular flexibility index (Phi) is 5.14. The quantitative estimate of drug-likeness (QED) is 0.842. The van der Waals surface area contributed by atoms with Crippen molar-refractivity contribution in [2.75, 3.05) is 5.32 Å². The lowest BCUT2D eigenvalue weighted by molar-refractivity contribution is -0.120. The third kappa shape index (κ3) is 3.99. The molecule has 6 heteroatoms. The van der Waals surface area contributed by atoms with Gasteiger partial charge in [-0.15, -0.1) is 0 Å². The van der Waals surface area contributed by atoms with Gasteiger partial charge in [0.05, 0.1) is 11.0 Å². The molecule has 6 nitrogen and oxygen atoms in total. The van der Waals surface area contributed by atoms with Gasteiger partial charge in [0, 0.05) is 30.6 Å². The number of hydrogen-bond donors (Lipinski definition) is 2. The number of carbonyl (C=O) groups is 2. The number of rotatable bonds is 5. The van der Waals surface area contributed by atoms with E-state index >= 15 is 0 Å². The van der Waals surface area contributed by atoms with E-state index in [4.69, 9.17) is 4.98 Å². The topological polar surface area (TPSA) is 76.0 Å². The zero-order chi connectivity index (χ0) is 18.8. The largest absolute Gasteiger partial charge is 0.353 e. The molecule has 0 radical (unpaired) electrons. The van der Waals surface area contributed by atoms with Gasteiger partial charge >= 0.3 is 0 Å². The summed E-state index contributed by atoms with van der Waals surface area (Å²) in [5.74, 6) is 1.13. The van der Waals surface area contributed by atoms with Crippen molar-refractivity contribution in [1.82, 2.24) is 14.9 Å². The van der Waals surface area contributed by atoms with Crippen LogP contribution >= 0.6 is 0 Å². The second-order valence-electron chi connectivity index (χ2n) is 7.91. The Bertz CT molecular complexity index is 851. The molecule has 0 bridgehead atoms. The molecule has 144 valence electrons. The number of imidazole rings is 1. The smallest absolute Gasteiger partial charge is 0.224 e. The van der Waals surface area contributed by atoms with Gasteiger partial charge in [-0.3, -0.25) is 9.59 Å². The van der Waals surface area contributed by atoms with Gasteiger partial charge < -0.3 is 15.2 Å². The lowest BCUT2D eigenvalue weighted by Gasteiger charge is -2.25. The number of nitrogens with zero attached hydrogens (tertiary/aromatic N) is 2. The van der Waals surface area contributed by atoms with Crippen molar-refractivity contribution in [3.63, 3.8) is 0 Å². The highest BCUT2D eigenvalue weighted by molar-refractivity contribution is 5.93. The molecule has 2 heterocycles. The van der Waals surface area contributed by atoms with E-state index in [1.54, 1.807) is 0 Å². The molecule has 2 N–H and O–H groups in total. The van der Waals surface area contributed by atoms with Crippen molar-refractivity contribution >= 4 is 28.5 Å². The fourth-order valence-corrected chi connectivity index (χ4v) is 4.52. The molecule has 1 atom stereocenters. The van der Waals surface area contributed by atoms with Crippen LogP contribution in [-0.2, 0) is 9.59 Å². The Labute approximate surface area is 159 Å². The minimum absolute atomic E-state index is 0.0149. The van der Waals surface area contributed by atoms with Crippen molar-refractivity contribution < 1.29 is 9.59 Å². The monoisotopic (exact) mass is 368 g/mol. The summed E-state index contributed by atoms with van der Waals surface area (Å²) in [5, 5.41) is 5.88. The molecule has 2 amide bonds. The number of amides is 2.